The largest absolute Gasteiger partial charge is 0.481 e. The molecule has 1 fully saturated rings. The number of carboxylic acids is 1. The van der Waals surface area contributed by atoms with Crippen LogP contribution >= 0.6 is 0 Å². The van der Waals surface area contributed by atoms with E-state index in [2.05, 4.69) is 0 Å². The van der Waals surface area contributed by atoms with Gasteiger partial charge in [0.2, 0.25) is 5.91 Å². The van der Waals surface area contributed by atoms with Gasteiger partial charge in [-0.15, -0.1) is 0 Å². The summed E-state index contributed by atoms with van der Waals surface area (Å²) in [5, 5.41) is 8.54. The molecule has 0 radical (unpaired) electrons. The fraction of sp³-hybridized carbons (Fsp3) is 0.800. The van der Waals surface area contributed by atoms with Gasteiger partial charge in [0.05, 0.1) is 6.42 Å². The molecular weight excluding hydrogens is 182 g/mol. The molecule has 1 saturated carbocycles. The van der Waals surface area contributed by atoms with Crippen molar-refractivity contribution >= 4 is 11.9 Å². The molecule has 4 heteroatoms. The van der Waals surface area contributed by atoms with Gasteiger partial charge in [-0.3, -0.25) is 9.59 Å². The number of nitrogens with zero attached hydrogens (tertiary/aromatic N) is 1. The highest BCUT2D eigenvalue weighted by Crippen LogP contribution is 2.31. The van der Waals surface area contributed by atoms with Crippen LogP contribution < -0.4 is 0 Å². The lowest BCUT2D eigenvalue weighted by molar-refractivity contribution is -0.139. The minimum Gasteiger partial charge on any atom is -0.481 e. The lowest BCUT2D eigenvalue weighted by atomic mass is 10.2. The number of aliphatic carboxylic acids is 1. The standard InChI is InChI=1S/C10H17NO3/c1-7(2)11(6-5-9(12)13)10(14)8-3-4-8/h7-8H,3-6H2,1-2H3,(H,12,13). The maximum absolute atomic E-state index is 11.7. The van der Waals surface area contributed by atoms with Crippen molar-refractivity contribution in [3.8, 4) is 0 Å². The van der Waals surface area contributed by atoms with Crippen LogP contribution in [0.2, 0.25) is 0 Å². The molecule has 4 nitrogen and oxygen atoms in total. The Bertz CT molecular complexity index is 234. The third-order valence-electron chi connectivity index (χ3n) is 2.40. The van der Waals surface area contributed by atoms with Crippen molar-refractivity contribution in [1.82, 2.24) is 4.90 Å². The van der Waals surface area contributed by atoms with Gasteiger partial charge < -0.3 is 10.0 Å². The number of carbonyl (C=O) groups excluding carboxylic acids is 1. The van der Waals surface area contributed by atoms with E-state index in [9.17, 15) is 9.59 Å². The van der Waals surface area contributed by atoms with E-state index in [1.807, 2.05) is 13.8 Å². The molecule has 0 saturated heterocycles. The first-order valence-electron chi connectivity index (χ1n) is 5.04. The molecule has 80 valence electrons. The first kappa shape index (κ1) is 11.0. The Morgan fingerprint density at radius 2 is 2.00 bits per heavy atom. The van der Waals surface area contributed by atoms with E-state index in [1.165, 1.54) is 0 Å². The van der Waals surface area contributed by atoms with Gasteiger partial charge >= 0.3 is 5.97 Å². The van der Waals surface area contributed by atoms with Gasteiger partial charge in [0.1, 0.15) is 0 Å². The summed E-state index contributed by atoms with van der Waals surface area (Å²) in [6.45, 7) is 4.17. The highest BCUT2D eigenvalue weighted by Gasteiger charge is 2.34. The number of rotatable bonds is 5. The molecule has 1 rings (SSSR count). The molecule has 0 heterocycles. The lowest BCUT2D eigenvalue weighted by Gasteiger charge is -2.26. The Morgan fingerprint density at radius 1 is 1.43 bits per heavy atom. The summed E-state index contributed by atoms with van der Waals surface area (Å²) in [5.74, 6) is -0.549. The van der Waals surface area contributed by atoms with Gasteiger partial charge in [-0.1, -0.05) is 0 Å². The highest BCUT2D eigenvalue weighted by molar-refractivity contribution is 5.81. The van der Waals surface area contributed by atoms with Crippen molar-refractivity contribution in [1.29, 1.82) is 0 Å². The SMILES string of the molecule is CC(C)N(CCC(=O)O)C(=O)C1CC1. The molecule has 0 atom stereocenters. The number of amides is 1. The first-order valence-corrected chi connectivity index (χ1v) is 5.04. The summed E-state index contributed by atoms with van der Waals surface area (Å²) in [6.07, 6.45) is 1.97. The van der Waals surface area contributed by atoms with E-state index in [-0.39, 0.29) is 24.3 Å². The first-order chi connectivity index (χ1) is 6.52. The molecule has 0 aromatic rings. The number of hydrogen-bond acceptors (Lipinski definition) is 2. The van der Waals surface area contributed by atoms with Crippen molar-refractivity contribution in [2.75, 3.05) is 6.54 Å². The average molecular weight is 199 g/mol. The quantitative estimate of drug-likeness (QED) is 0.721. The summed E-state index contributed by atoms with van der Waals surface area (Å²) >= 11 is 0. The van der Waals surface area contributed by atoms with Gasteiger partial charge in [0.15, 0.2) is 0 Å². The molecule has 0 aromatic heterocycles. The van der Waals surface area contributed by atoms with Crippen LogP contribution in [-0.4, -0.2) is 34.5 Å². The van der Waals surface area contributed by atoms with Crippen LogP contribution in [-0.2, 0) is 9.59 Å². The highest BCUT2D eigenvalue weighted by atomic mass is 16.4. The van der Waals surface area contributed by atoms with Crippen LogP contribution in [0.4, 0.5) is 0 Å². The van der Waals surface area contributed by atoms with E-state index >= 15 is 0 Å². The van der Waals surface area contributed by atoms with Crippen LogP contribution in [0.25, 0.3) is 0 Å². The maximum Gasteiger partial charge on any atom is 0.305 e. The second-order valence-electron chi connectivity index (χ2n) is 4.04. The third-order valence-corrected chi connectivity index (χ3v) is 2.40. The molecule has 0 aromatic carbocycles. The van der Waals surface area contributed by atoms with Crippen molar-refractivity contribution in [2.24, 2.45) is 5.92 Å². The van der Waals surface area contributed by atoms with Gasteiger partial charge in [-0.25, -0.2) is 0 Å². The zero-order valence-electron chi connectivity index (χ0n) is 8.69. The van der Waals surface area contributed by atoms with E-state index in [4.69, 9.17) is 5.11 Å². The van der Waals surface area contributed by atoms with Gasteiger partial charge in [-0.2, -0.15) is 0 Å². The second kappa shape index (κ2) is 4.44. The van der Waals surface area contributed by atoms with Crippen molar-refractivity contribution < 1.29 is 14.7 Å². The minimum absolute atomic E-state index is 0.0383. The Kier molecular flexibility index (Phi) is 3.49. The summed E-state index contributed by atoms with van der Waals surface area (Å²) < 4.78 is 0. The van der Waals surface area contributed by atoms with Crippen LogP contribution in [0, 0.1) is 5.92 Å². The molecule has 0 spiro atoms. The molecule has 1 aliphatic carbocycles. The minimum atomic E-state index is -0.848. The van der Waals surface area contributed by atoms with Gasteiger partial charge in [-0.05, 0) is 26.7 Å². The summed E-state index contributed by atoms with van der Waals surface area (Å²) in [5.41, 5.74) is 0. The fourth-order valence-corrected chi connectivity index (χ4v) is 1.40. The fourth-order valence-electron chi connectivity index (χ4n) is 1.40. The molecule has 1 amide bonds. The number of hydrogen-bond donors (Lipinski definition) is 1. The number of carbonyl (C=O) groups is 2. The molecule has 0 bridgehead atoms. The van der Waals surface area contributed by atoms with Crippen molar-refractivity contribution in [3.05, 3.63) is 0 Å². The summed E-state index contributed by atoms with van der Waals surface area (Å²) in [6, 6.07) is 0.0995. The van der Waals surface area contributed by atoms with E-state index in [1.54, 1.807) is 4.90 Å². The number of carboxylic acid groups (broad SMARTS) is 1. The molecule has 0 unspecified atom stereocenters. The maximum atomic E-state index is 11.7. The van der Waals surface area contributed by atoms with Gasteiger partial charge in [0.25, 0.3) is 0 Å². The van der Waals surface area contributed by atoms with E-state index in [0.717, 1.165) is 12.8 Å². The zero-order chi connectivity index (χ0) is 10.7. The summed E-state index contributed by atoms with van der Waals surface area (Å²) in [4.78, 5) is 23.8. The Labute approximate surface area is 83.9 Å². The van der Waals surface area contributed by atoms with Crippen LogP contribution in [0.1, 0.15) is 33.1 Å². The normalized spacial score (nSPS) is 15.6. The molecule has 0 aliphatic heterocycles. The van der Waals surface area contributed by atoms with Crippen LogP contribution in [0.3, 0.4) is 0 Å². The van der Waals surface area contributed by atoms with Crippen molar-refractivity contribution in [2.45, 2.75) is 39.2 Å². The predicted octanol–water partition coefficient (Wildman–Crippen LogP) is 1.11. The Balaban J connectivity index is 2.45. The Hall–Kier alpha value is -1.06. The summed E-state index contributed by atoms with van der Waals surface area (Å²) in [7, 11) is 0. The molecular formula is C10H17NO3. The second-order valence-corrected chi connectivity index (χ2v) is 4.04. The molecule has 1 N–H and O–H groups in total. The third kappa shape index (κ3) is 3.01. The topological polar surface area (TPSA) is 57.6 Å². The lowest BCUT2D eigenvalue weighted by Crippen LogP contribution is -2.39. The Morgan fingerprint density at radius 3 is 2.36 bits per heavy atom. The zero-order valence-corrected chi connectivity index (χ0v) is 8.69. The van der Waals surface area contributed by atoms with Crippen LogP contribution in [0.15, 0.2) is 0 Å². The van der Waals surface area contributed by atoms with E-state index < -0.39 is 5.97 Å². The molecule has 14 heavy (non-hydrogen) atoms. The van der Waals surface area contributed by atoms with Crippen molar-refractivity contribution in [3.63, 3.8) is 0 Å². The smallest absolute Gasteiger partial charge is 0.305 e. The molecule has 1 aliphatic rings. The predicted molar refractivity (Wildman–Crippen MR) is 51.8 cm³/mol. The van der Waals surface area contributed by atoms with E-state index in [0.29, 0.717) is 6.54 Å². The average Bonchev–Trinajstić information content (AvgIpc) is 2.84. The monoisotopic (exact) mass is 199 g/mol. The van der Waals surface area contributed by atoms with Gasteiger partial charge in [0, 0.05) is 18.5 Å². The van der Waals surface area contributed by atoms with Crippen LogP contribution in [0.5, 0.6) is 0 Å².